The van der Waals surface area contributed by atoms with Gasteiger partial charge in [0.15, 0.2) is 0 Å². The fourth-order valence-electron chi connectivity index (χ4n) is 3.76. The largest absolute Gasteiger partial charge is 0.340 e. The zero-order valence-corrected chi connectivity index (χ0v) is 12.5. The second-order valence-electron chi connectivity index (χ2n) is 6.24. The second kappa shape index (κ2) is 5.15. The minimum Gasteiger partial charge on any atom is -0.340 e. The van der Waals surface area contributed by atoms with Crippen molar-refractivity contribution < 1.29 is 17.4 Å². The van der Waals surface area contributed by atoms with Crippen LogP contribution in [0.5, 0.6) is 0 Å². The summed E-state index contributed by atoms with van der Waals surface area (Å²) in [5, 5.41) is 0. The van der Waals surface area contributed by atoms with Crippen molar-refractivity contribution in [2.45, 2.75) is 31.8 Å². The van der Waals surface area contributed by atoms with E-state index in [-0.39, 0.29) is 17.9 Å². The van der Waals surface area contributed by atoms with Gasteiger partial charge in [0.2, 0.25) is 5.91 Å². The van der Waals surface area contributed by atoms with Crippen molar-refractivity contribution in [3.05, 3.63) is 12.2 Å². The monoisotopic (exact) mass is 299 g/mol. The van der Waals surface area contributed by atoms with Gasteiger partial charge in [0, 0.05) is 19.0 Å². The molecule has 112 valence electrons. The highest BCUT2D eigenvalue weighted by atomic mass is 32.2. The molecule has 0 aromatic rings. The molecule has 6 heteroatoms. The first-order chi connectivity index (χ1) is 9.42. The Balaban J connectivity index is 1.62. The normalized spacial score (nSPS) is 36.5. The summed E-state index contributed by atoms with van der Waals surface area (Å²) in [6.45, 7) is 1.13. The highest BCUT2D eigenvalue weighted by Crippen LogP contribution is 2.44. The van der Waals surface area contributed by atoms with Gasteiger partial charge in [0.1, 0.15) is 0 Å². The van der Waals surface area contributed by atoms with Gasteiger partial charge in [-0.3, -0.25) is 8.98 Å². The zero-order chi connectivity index (χ0) is 14.3. The van der Waals surface area contributed by atoms with Crippen LogP contribution < -0.4 is 0 Å². The van der Waals surface area contributed by atoms with Crippen molar-refractivity contribution in [3.8, 4) is 0 Å². The van der Waals surface area contributed by atoms with Crippen LogP contribution in [-0.2, 0) is 19.1 Å². The van der Waals surface area contributed by atoms with Gasteiger partial charge < -0.3 is 4.90 Å². The van der Waals surface area contributed by atoms with Crippen LogP contribution in [-0.4, -0.2) is 44.7 Å². The third kappa shape index (κ3) is 2.91. The molecule has 2 aliphatic carbocycles. The summed E-state index contributed by atoms with van der Waals surface area (Å²) in [4.78, 5) is 14.4. The van der Waals surface area contributed by atoms with Gasteiger partial charge in [-0.1, -0.05) is 12.2 Å². The molecule has 0 spiro atoms. The van der Waals surface area contributed by atoms with Crippen LogP contribution in [0.3, 0.4) is 0 Å². The molecule has 2 fully saturated rings. The van der Waals surface area contributed by atoms with Crippen LogP contribution in [0.4, 0.5) is 0 Å². The number of likely N-dealkylation sites (tertiary alicyclic amines) is 1. The average molecular weight is 299 g/mol. The highest BCUT2D eigenvalue weighted by Gasteiger charge is 2.42. The van der Waals surface area contributed by atoms with Crippen molar-refractivity contribution in [1.29, 1.82) is 0 Å². The molecule has 5 nitrogen and oxygen atoms in total. The molecule has 3 rings (SSSR count). The third-order valence-corrected chi connectivity index (χ3v) is 5.22. The lowest BCUT2D eigenvalue weighted by Gasteiger charge is -2.34. The summed E-state index contributed by atoms with van der Waals surface area (Å²) in [6.07, 6.45) is 8.65. The molecular weight excluding hydrogens is 278 g/mol. The minimum atomic E-state index is -3.45. The van der Waals surface area contributed by atoms with Gasteiger partial charge in [-0.05, 0) is 37.5 Å². The number of hydrogen-bond acceptors (Lipinski definition) is 4. The van der Waals surface area contributed by atoms with E-state index in [1.54, 1.807) is 4.90 Å². The zero-order valence-electron chi connectivity index (χ0n) is 11.7. The Labute approximate surface area is 120 Å². The second-order valence-corrected chi connectivity index (χ2v) is 7.84. The number of carbonyl (C=O) groups excluding carboxylic acids is 1. The Hall–Kier alpha value is -0.880. The van der Waals surface area contributed by atoms with E-state index < -0.39 is 10.1 Å². The van der Waals surface area contributed by atoms with Crippen molar-refractivity contribution in [1.82, 2.24) is 4.90 Å². The van der Waals surface area contributed by atoms with Crippen molar-refractivity contribution >= 4 is 16.0 Å². The highest BCUT2D eigenvalue weighted by molar-refractivity contribution is 7.86. The standard InChI is InChI=1S/C14H21NO4S/c1-20(17,18)19-12-3-2-6-15(9-12)14(16)13-8-10-4-5-11(13)7-10/h4-5,10-13H,2-3,6-9H2,1H3/t10?,11?,12-,13?/m0/s1. The number of carbonyl (C=O) groups is 1. The Morgan fingerprint density at radius 1 is 1.30 bits per heavy atom. The lowest BCUT2D eigenvalue weighted by atomic mass is 9.91. The summed E-state index contributed by atoms with van der Waals surface area (Å²) in [7, 11) is -3.45. The molecule has 3 aliphatic rings. The summed E-state index contributed by atoms with van der Waals surface area (Å²) in [5.41, 5.74) is 0. The summed E-state index contributed by atoms with van der Waals surface area (Å²) in [5.74, 6) is 1.25. The predicted octanol–water partition coefficient (Wildman–Crippen LogP) is 1.17. The molecule has 4 atom stereocenters. The third-order valence-electron chi connectivity index (χ3n) is 4.60. The first kappa shape index (κ1) is 14.1. The fraction of sp³-hybridized carbons (Fsp3) is 0.786. The van der Waals surface area contributed by atoms with Crippen molar-refractivity contribution in [3.63, 3.8) is 0 Å². The number of amides is 1. The molecule has 1 heterocycles. The smallest absolute Gasteiger partial charge is 0.264 e. The lowest BCUT2D eigenvalue weighted by molar-refractivity contribution is -0.139. The predicted molar refractivity (Wildman–Crippen MR) is 74.4 cm³/mol. The van der Waals surface area contributed by atoms with Gasteiger partial charge in [0.25, 0.3) is 10.1 Å². The topological polar surface area (TPSA) is 63.7 Å². The Bertz CT molecular complexity index is 527. The molecular formula is C14H21NO4S. The van der Waals surface area contributed by atoms with E-state index in [0.717, 1.165) is 32.1 Å². The van der Waals surface area contributed by atoms with Crippen LogP contribution in [0.2, 0.25) is 0 Å². The molecule has 0 aromatic carbocycles. The van der Waals surface area contributed by atoms with Gasteiger partial charge in [-0.2, -0.15) is 8.42 Å². The van der Waals surface area contributed by atoms with Crippen LogP contribution in [0.15, 0.2) is 12.2 Å². The molecule has 0 radical (unpaired) electrons. The molecule has 1 saturated carbocycles. The molecule has 3 unspecified atom stereocenters. The van der Waals surface area contributed by atoms with Gasteiger partial charge in [-0.15, -0.1) is 0 Å². The van der Waals surface area contributed by atoms with E-state index in [1.807, 2.05) is 0 Å². The maximum atomic E-state index is 12.6. The molecule has 2 bridgehead atoms. The average Bonchev–Trinajstić information content (AvgIpc) is 2.98. The van der Waals surface area contributed by atoms with Crippen molar-refractivity contribution in [2.75, 3.05) is 19.3 Å². The van der Waals surface area contributed by atoms with E-state index in [0.29, 0.717) is 24.8 Å². The Kier molecular flexibility index (Phi) is 3.62. The van der Waals surface area contributed by atoms with Gasteiger partial charge in [-0.25, -0.2) is 0 Å². The number of fused-ring (bicyclic) bond motifs is 2. The van der Waals surface area contributed by atoms with Crippen LogP contribution in [0.1, 0.15) is 25.7 Å². The Morgan fingerprint density at radius 2 is 2.10 bits per heavy atom. The fourth-order valence-corrected chi connectivity index (χ4v) is 4.41. The van der Waals surface area contributed by atoms with E-state index in [2.05, 4.69) is 12.2 Å². The van der Waals surface area contributed by atoms with Crippen LogP contribution >= 0.6 is 0 Å². The first-order valence-corrected chi connectivity index (χ1v) is 9.09. The number of piperidine rings is 1. The molecule has 1 amide bonds. The van der Waals surface area contributed by atoms with E-state index >= 15 is 0 Å². The molecule has 0 N–H and O–H groups in total. The van der Waals surface area contributed by atoms with Crippen LogP contribution in [0.25, 0.3) is 0 Å². The van der Waals surface area contributed by atoms with Gasteiger partial charge >= 0.3 is 0 Å². The van der Waals surface area contributed by atoms with Gasteiger partial charge in [0.05, 0.1) is 12.4 Å². The molecule has 20 heavy (non-hydrogen) atoms. The molecule has 0 aromatic heterocycles. The SMILES string of the molecule is CS(=O)(=O)O[C@H]1CCCN(C(=O)C2CC3C=CC2C3)C1. The number of hydrogen-bond donors (Lipinski definition) is 0. The van der Waals surface area contributed by atoms with E-state index in [9.17, 15) is 13.2 Å². The maximum Gasteiger partial charge on any atom is 0.264 e. The summed E-state index contributed by atoms with van der Waals surface area (Å²) in [6, 6.07) is 0. The summed E-state index contributed by atoms with van der Waals surface area (Å²) < 4.78 is 27.5. The minimum absolute atomic E-state index is 0.0991. The lowest BCUT2D eigenvalue weighted by Crippen LogP contribution is -2.46. The molecule has 1 saturated heterocycles. The number of rotatable bonds is 3. The Morgan fingerprint density at radius 3 is 2.70 bits per heavy atom. The molecule has 1 aliphatic heterocycles. The quantitative estimate of drug-likeness (QED) is 0.579. The van der Waals surface area contributed by atoms with Crippen LogP contribution in [0, 0.1) is 17.8 Å². The van der Waals surface area contributed by atoms with Crippen molar-refractivity contribution in [2.24, 2.45) is 17.8 Å². The summed E-state index contributed by atoms with van der Waals surface area (Å²) >= 11 is 0. The number of nitrogens with zero attached hydrogens (tertiary/aromatic N) is 1. The maximum absolute atomic E-state index is 12.6. The number of allylic oxidation sites excluding steroid dienone is 2. The van der Waals surface area contributed by atoms with E-state index in [4.69, 9.17) is 4.18 Å². The first-order valence-electron chi connectivity index (χ1n) is 7.28. The van der Waals surface area contributed by atoms with E-state index in [1.165, 1.54) is 0 Å².